The van der Waals surface area contributed by atoms with Crippen molar-refractivity contribution in [2.45, 2.75) is 38.8 Å². The second-order valence-electron chi connectivity index (χ2n) is 12.9. The van der Waals surface area contributed by atoms with Crippen LogP contribution in [0.3, 0.4) is 0 Å². The van der Waals surface area contributed by atoms with Gasteiger partial charge in [-0.15, -0.1) is 11.6 Å². The Morgan fingerprint density at radius 2 is 1.62 bits per heavy atom. The summed E-state index contributed by atoms with van der Waals surface area (Å²) in [6.45, 7) is 7.01. The van der Waals surface area contributed by atoms with E-state index >= 15 is 0 Å². The van der Waals surface area contributed by atoms with Gasteiger partial charge in [0, 0.05) is 56.5 Å². The summed E-state index contributed by atoms with van der Waals surface area (Å²) in [5.41, 5.74) is 6.16. The van der Waals surface area contributed by atoms with Crippen molar-refractivity contribution >= 4 is 53.7 Å². The molecular formula is C37H49ClN3O5Si+. The number of carbonyl (C=O) groups is 2. The molecule has 47 heavy (non-hydrogen) atoms. The summed E-state index contributed by atoms with van der Waals surface area (Å²) in [4.78, 5) is 27.9. The van der Waals surface area contributed by atoms with E-state index in [-0.39, 0.29) is 11.5 Å². The molecule has 1 amide bonds. The van der Waals surface area contributed by atoms with Gasteiger partial charge in [0.15, 0.2) is 5.71 Å². The number of carboxylic acid groups (broad SMARTS) is 1. The number of allylic oxidation sites excluding steroid dienone is 5. The summed E-state index contributed by atoms with van der Waals surface area (Å²) >= 11 is 5.70. The molecule has 1 aliphatic carbocycles. The van der Waals surface area contributed by atoms with E-state index in [0.29, 0.717) is 50.0 Å². The molecule has 8 nitrogen and oxygen atoms in total. The predicted molar refractivity (Wildman–Crippen MR) is 195 cm³/mol. The number of hydrogen-bond acceptors (Lipinski definition) is 5. The zero-order chi connectivity index (χ0) is 34.1. The van der Waals surface area contributed by atoms with Gasteiger partial charge in [0.05, 0.1) is 25.4 Å². The van der Waals surface area contributed by atoms with E-state index in [0.717, 1.165) is 53.8 Å². The van der Waals surface area contributed by atoms with Crippen LogP contribution in [0.25, 0.3) is 5.57 Å². The van der Waals surface area contributed by atoms with Crippen LogP contribution in [0.4, 0.5) is 5.69 Å². The average molecular weight is 679 g/mol. The summed E-state index contributed by atoms with van der Waals surface area (Å²) in [5, 5.41) is 15.8. The Bertz CT molecular complexity index is 1600. The molecule has 4 rings (SSSR count). The van der Waals surface area contributed by atoms with Crippen LogP contribution in [-0.4, -0.2) is 102 Å². The van der Waals surface area contributed by atoms with Crippen molar-refractivity contribution in [2.24, 2.45) is 0 Å². The van der Waals surface area contributed by atoms with Gasteiger partial charge in [-0.1, -0.05) is 38.1 Å². The zero-order valence-electron chi connectivity index (χ0n) is 28.6. The normalized spacial score (nSPS) is 14.8. The number of amides is 1. The Morgan fingerprint density at radius 1 is 0.915 bits per heavy atom. The number of nitrogens with zero attached hydrogens (tertiary/aromatic N) is 2. The Balaban J connectivity index is 1.54. The lowest BCUT2D eigenvalue weighted by molar-refractivity contribution is -0.462. The second kappa shape index (κ2) is 16.5. The lowest BCUT2D eigenvalue weighted by atomic mass is 9.86. The minimum absolute atomic E-state index is 0.0929. The molecule has 0 radical (unpaired) electrons. The predicted octanol–water partition coefficient (Wildman–Crippen LogP) is 5.49. The van der Waals surface area contributed by atoms with Crippen molar-refractivity contribution in [3.8, 4) is 0 Å². The first-order valence-electron chi connectivity index (χ1n) is 16.4. The van der Waals surface area contributed by atoms with E-state index < -0.39 is 14.0 Å². The molecule has 2 aromatic carbocycles. The highest BCUT2D eigenvalue weighted by Gasteiger charge is 2.41. The van der Waals surface area contributed by atoms with Crippen molar-refractivity contribution < 1.29 is 28.7 Å². The highest BCUT2D eigenvalue weighted by atomic mass is 35.5. The Kier molecular flexibility index (Phi) is 12.8. The van der Waals surface area contributed by atoms with Gasteiger partial charge in [-0.25, -0.2) is 9.37 Å². The van der Waals surface area contributed by atoms with Crippen LogP contribution < -0.4 is 15.4 Å². The molecule has 1 heterocycles. The van der Waals surface area contributed by atoms with Crippen molar-refractivity contribution in [1.29, 1.82) is 0 Å². The molecule has 252 valence electrons. The molecule has 0 saturated heterocycles. The zero-order valence-corrected chi connectivity index (χ0v) is 30.4. The smallest absolute Gasteiger partial charge is 0.336 e. The number of carboxylic acids is 1. The fourth-order valence-electron chi connectivity index (χ4n) is 6.06. The van der Waals surface area contributed by atoms with Crippen LogP contribution in [-0.2, 0) is 9.47 Å². The molecular weight excluding hydrogens is 630 g/mol. The van der Waals surface area contributed by atoms with E-state index in [4.69, 9.17) is 21.1 Å². The molecule has 2 N–H and O–H groups in total. The number of anilines is 1. The van der Waals surface area contributed by atoms with Crippen LogP contribution in [0.1, 0.15) is 57.5 Å². The van der Waals surface area contributed by atoms with Gasteiger partial charge in [0.25, 0.3) is 5.91 Å². The molecule has 1 aliphatic heterocycles. The number of nitrogens with one attached hydrogen (secondary N) is 1. The second-order valence-corrected chi connectivity index (χ2v) is 17.6. The van der Waals surface area contributed by atoms with Crippen LogP contribution in [0.15, 0.2) is 65.4 Å². The minimum atomic E-state index is -2.18. The fourth-order valence-corrected chi connectivity index (χ4v) is 9.32. The lowest BCUT2D eigenvalue weighted by Crippen LogP contribution is -2.49. The highest BCUT2D eigenvalue weighted by Crippen LogP contribution is 2.42. The maximum atomic E-state index is 13.1. The summed E-state index contributed by atoms with van der Waals surface area (Å²) in [7, 11) is 5.94. The SMILES string of the molecule is CN(C)c1ccc2c(c1)[Si](C)(C)C1=CC(=[N+](C)C)C=CC1=C2c1ccc(C(=O)NCCOCCOCCCCCCCl)cc1C(=O)O. The molecule has 0 saturated carbocycles. The molecule has 0 unspecified atom stereocenters. The largest absolute Gasteiger partial charge is 0.478 e. The highest BCUT2D eigenvalue weighted by molar-refractivity contribution is 6.98. The molecule has 0 atom stereocenters. The summed E-state index contributed by atoms with van der Waals surface area (Å²) in [6, 6.07) is 11.4. The third-order valence-electron chi connectivity index (χ3n) is 8.78. The van der Waals surface area contributed by atoms with E-state index in [1.807, 2.05) is 28.2 Å². The first kappa shape index (κ1) is 36.3. The molecule has 0 spiro atoms. The summed E-state index contributed by atoms with van der Waals surface area (Å²) in [5.74, 6) is -0.716. The third kappa shape index (κ3) is 8.70. The minimum Gasteiger partial charge on any atom is -0.478 e. The maximum absolute atomic E-state index is 13.1. The molecule has 0 aromatic heterocycles. The van der Waals surface area contributed by atoms with Gasteiger partial charge in [-0.2, -0.15) is 0 Å². The summed E-state index contributed by atoms with van der Waals surface area (Å²) in [6.07, 6.45) is 10.7. The Morgan fingerprint density at radius 3 is 2.30 bits per heavy atom. The van der Waals surface area contributed by atoms with E-state index in [1.165, 1.54) is 16.4 Å². The first-order chi connectivity index (χ1) is 22.5. The van der Waals surface area contributed by atoms with Crippen molar-refractivity contribution in [3.05, 3.63) is 87.6 Å². The topological polar surface area (TPSA) is 91.1 Å². The number of alkyl halides is 1. The number of rotatable bonds is 16. The standard InChI is InChI=1S/C37H48ClN3O5Si/c1-40(2)27-12-15-30-33(24-27)47(5,6)34-25-28(41(3)4)13-16-31(34)35(30)29-14-11-26(23-32(29)37(43)44)36(42)39-18-20-46-22-21-45-19-10-8-7-9-17-38/h11-16,23-25H,7-10,17-22H2,1-6H3,(H-,39,42,43,44)/p+1. The number of benzene rings is 2. The van der Waals surface area contributed by atoms with Crippen LogP contribution in [0.2, 0.25) is 13.1 Å². The van der Waals surface area contributed by atoms with Gasteiger partial charge < -0.3 is 24.8 Å². The van der Waals surface area contributed by atoms with Crippen molar-refractivity contribution in [1.82, 2.24) is 5.32 Å². The van der Waals surface area contributed by atoms with Gasteiger partial charge in [0.1, 0.15) is 22.2 Å². The van der Waals surface area contributed by atoms with E-state index in [2.05, 4.69) is 64.3 Å². The lowest BCUT2D eigenvalue weighted by Gasteiger charge is -2.38. The Labute approximate surface area is 285 Å². The van der Waals surface area contributed by atoms with E-state index in [1.54, 1.807) is 12.1 Å². The molecule has 10 heteroatoms. The number of hydrogen-bond donors (Lipinski definition) is 2. The van der Waals surface area contributed by atoms with Crippen molar-refractivity contribution in [3.63, 3.8) is 0 Å². The number of ether oxygens (including phenoxy) is 2. The average Bonchev–Trinajstić information content (AvgIpc) is 3.04. The Hall–Kier alpha value is -3.50. The first-order valence-corrected chi connectivity index (χ1v) is 19.9. The molecule has 0 fully saturated rings. The van der Waals surface area contributed by atoms with Gasteiger partial charge >= 0.3 is 5.97 Å². The van der Waals surface area contributed by atoms with E-state index in [9.17, 15) is 14.7 Å². The monoisotopic (exact) mass is 678 g/mol. The molecule has 2 aliphatic rings. The third-order valence-corrected chi connectivity index (χ3v) is 12.6. The fraction of sp³-hybridized carbons (Fsp3) is 0.432. The quantitative estimate of drug-likeness (QED) is 0.106. The number of unbranched alkanes of at least 4 members (excludes halogenated alkanes) is 3. The van der Waals surface area contributed by atoms with Gasteiger partial charge in [0.2, 0.25) is 0 Å². The van der Waals surface area contributed by atoms with Gasteiger partial charge in [-0.05, 0) is 75.8 Å². The maximum Gasteiger partial charge on any atom is 0.336 e. The number of halogens is 1. The van der Waals surface area contributed by atoms with Gasteiger partial charge in [-0.3, -0.25) is 4.79 Å². The van der Waals surface area contributed by atoms with Crippen LogP contribution in [0, 0.1) is 0 Å². The number of fused-ring (bicyclic) bond motifs is 2. The van der Waals surface area contributed by atoms with Crippen LogP contribution in [0.5, 0.6) is 0 Å². The molecule has 2 aromatic rings. The molecule has 0 bridgehead atoms. The number of aromatic carboxylic acids is 1. The van der Waals surface area contributed by atoms with Crippen molar-refractivity contribution in [2.75, 3.05) is 71.9 Å². The number of carbonyl (C=O) groups excluding carboxylic acids is 1. The van der Waals surface area contributed by atoms with Crippen LogP contribution >= 0.6 is 11.6 Å². The summed E-state index contributed by atoms with van der Waals surface area (Å²) < 4.78 is 13.3.